The zero-order valence-electron chi connectivity index (χ0n) is 18.5. The normalized spacial score (nSPS) is 10.3. The topological polar surface area (TPSA) is 77.1 Å². The first-order chi connectivity index (χ1) is 15.5. The quantitative estimate of drug-likeness (QED) is 0.296. The van der Waals surface area contributed by atoms with E-state index in [1.807, 2.05) is 37.3 Å². The second-order valence-electron chi connectivity index (χ2n) is 6.79. The SMILES string of the molecule is CCOCCOc1cccc(C(=O)NC(=S)N(CCC(=O)OCC)Cc2ccccc2)c1. The molecule has 172 valence electrons. The van der Waals surface area contributed by atoms with Gasteiger partial charge in [0.25, 0.3) is 5.91 Å². The van der Waals surface area contributed by atoms with Gasteiger partial charge in [-0.15, -0.1) is 0 Å². The van der Waals surface area contributed by atoms with Crippen molar-refractivity contribution >= 4 is 29.2 Å². The molecule has 0 aliphatic rings. The Morgan fingerprint density at radius 2 is 1.78 bits per heavy atom. The van der Waals surface area contributed by atoms with Crippen LogP contribution in [0.3, 0.4) is 0 Å². The monoisotopic (exact) mass is 458 g/mol. The van der Waals surface area contributed by atoms with Crippen LogP contribution in [-0.2, 0) is 20.8 Å². The highest BCUT2D eigenvalue weighted by Crippen LogP contribution is 2.14. The highest BCUT2D eigenvalue weighted by Gasteiger charge is 2.16. The molecule has 0 spiro atoms. The van der Waals surface area contributed by atoms with Crippen LogP contribution in [0.5, 0.6) is 5.75 Å². The molecule has 0 bridgehead atoms. The minimum Gasteiger partial charge on any atom is -0.491 e. The van der Waals surface area contributed by atoms with Gasteiger partial charge in [0.15, 0.2) is 5.11 Å². The molecule has 0 aromatic heterocycles. The van der Waals surface area contributed by atoms with Gasteiger partial charge in [-0.2, -0.15) is 0 Å². The summed E-state index contributed by atoms with van der Waals surface area (Å²) in [5, 5.41) is 3.00. The molecule has 1 N–H and O–H groups in total. The number of amides is 1. The Morgan fingerprint density at radius 3 is 2.50 bits per heavy atom. The van der Waals surface area contributed by atoms with Crippen LogP contribution < -0.4 is 10.1 Å². The van der Waals surface area contributed by atoms with Crippen molar-refractivity contribution in [3.05, 3.63) is 65.7 Å². The summed E-state index contributed by atoms with van der Waals surface area (Å²) in [4.78, 5) is 26.4. The molecule has 1 amide bonds. The Morgan fingerprint density at radius 1 is 1.00 bits per heavy atom. The van der Waals surface area contributed by atoms with Gasteiger partial charge in [0, 0.05) is 25.3 Å². The number of rotatable bonds is 12. The Kier molecular flexibility index (Phi) is 11.2. The van der Waals surface area contributed by atoms with E-state index in [4.69, 9.17) is 26.4 Å². The van der Waals surface area contributed by atoms with E-state index in [1.165, 1.54) is 0 Å². The maximum absolute atomic E-state index is 12.8. The standard InChI is InChI=1S/C24H30N2O5S/c1-3-29-15-16-31-21-12-8-11-20(17-21)23(28)25-24(32)26(14-13-22(27)30-4-2)18-19-9-6-5-7-10-19/h5-12,17H,3-4,13-16,18H2,1-2H3,(H,25,28,32). The summed E-state index contributed by atoms with van der Waals surface area (Å²) >= 11 is 5.49. The largest absolute Gasteiger partial charge is 0.491 e. The van der Waals surface area contributed by atoms with Gasteiger partial charge >= 0.3 is 5.97 Å². The Bertz CT molecular complexity index is 876. The molecule has 0 heterocycles. The van der Waals surface area contributed by atoms with E-state index in [0.29, 0.717) is 50.8 Å². The molecule has 0 saturated heterocycles. The van der Waals surface area contributed by atoms with Crippen molar-refractivity contribution in [2.75, 3.05) is 33.0 Å². The van der Waals surface area contributed by atoms with Crippen LogP contribution in [0.1, 0.15) is 36.2 Å². The fourth-order valence-electron chi connectivity index (χ4n) is 2.85. The summed E-state index contributed by atoms with van der Waals surface area (Å²) in [5.74, 6) is -0.0808. The van der Waals surface area contributed by atoms with Crippen LogP contribution >= 0.6 is 12.2 Å². The molecular weight excluding hydrogens is 428 g/mol. The molecule has 0 atom stereocenters. The highest BCUT2D eigenvalue weighted by atomic mass is 32.1. The van der Waals surface area contributed by atoms with Gasteiger partial charge in [-0.3, -0.25) is 14.9 Å². The fraction of sp³-hybridized carbons (Fsp3) is 0.375. The molecule has 8 heteroatoms. The minimum absolute atomic E-state index is 0.167. The Balaban J connectivity index is 2.02. The van der Waals surface area contributed by atoms with E-state index in [1.54, 1.807) is 36.1 Å². The first-order valence-corrected chi connectivity index (χ1v) is 11.0. The van der Waals surface area contributed by atoms with Crippen molar-refractivity contribution in [1.82, 2.24) is 10.2 Å². The van der Waals surface area contributed by atoms with Crippen molar-refractivity contribution in [2.24, 2.45) is 0 Å². The third-order valence-corrected chi connectivity index (χ3v) is 4.77. The van der Waals surface area contributed by atoms with E-state index in [-0.39, 0.29) is 23.4 Å². The number of carbonyl (C=O) groups excluding carboxylic acids is 2. The Hall–Kier alpha value is -2.97. The molecule has 32 heavy (non-hydrogen) atoms. The number of hydrogen-bond donors (Lipinski definition) is 1. The maximum Gasteiger partial charge on any atom is 0.307 e. The third-order valence-electron chi connectivity index (χ3n) is 4.41. The molecule has 0 saturated carbocycles. The van der Waals surface area contributed by atoms with Gasteiger partial charge in [0.1, 0.15) is 12.4 Å². The molecule has 0 fully saturated rings. The van der Waals surface area contributed by atoms with Crippen LogP contribution in [0.2, 0.25) is 0 Å². The van der Waals surface area contributed by atoms with E-state index in [0.717, 1.165) is 5.56 Å². The average molecular weight is 459 g/mol. The number of ether oxygens (including phenoxy) is 3. The first kappa shape index (κ1) is 25.3. The summed E-state index contributed by atoms with van der Waals surface area (Å²) in [6.45, 7) is 6.29. The molecule has 0 unspecified atom stereocenters. The first-order valence-electron chi connectivity index (χ1n) is 10.6. The molecule has 2 rings (SSSR count). The molecular formula is C24H30N2O5S. The van der Waals surface area contributed by atoms with Crippen LogP contribution in [0.4, 0.5) is 0 Å². The molecule has 0 radical (unpaired) electrons. The molecule has 0 aliphatic heterocycles. The zero-order valence-corrected chi connectivity index (χ0v) is 19.4. The zero-order chi connectivity index (χ0) is 23.2. The van der Waals surface area contributed by atoms with Gasteiger partial charge < -0.3 is 19.1 Å². The maximum atomic E-state index is 12.8. The summed E-state index contributed by atoms with van der Waals surface area (Å²) in [7, 11) is 0. The van der Waals surface area contributed by atoms with Gasteiger partial charge in [-0.05, 0) is 49.8 Å². The molecule has 7 nitrogen and oxygen atoms in total. The number of hydrogen-bond acceptors (Lipinski definition) is 6. The summed E-state index contributed by atoms with van der Waals surface area (Å²) in [6.07, 6.45) is 0.167. The summed E-state index contributed by atoms with van der Waals surface area (Å²) in [6, 6.07) is 16.6. The van der Waals surface area contributed by atoms with Crippen molar-refractivity contribution < 1.29 is 23.8 Å². The van der Waals surface area contributed by atoms with Crippen LogP contribution in [0.25, 0.3) is 0 Å². The molecule has 2 aromatic carbocycles. The van der Waals surface area contributed by atoms with E-state index in [2.05, 4.69) is 5.32 Å². The third kappa shape index (κ3) is 9.03. The van der Waals surface area contributed by atoms with Gasteiger partial charge in [0.2, 0.25) is 0 Å². The van der Waals surface area contributed by atoms with Crippen molar-refractivity contribution in [3.63, 3.8) is 0 Å². The second kappa shape index (κ2) is 14.2. The van der Waals surface area contributed by atoms with E-state index >= 15 is 0 Å². The number of carbonyl (C=O) groups is 2. The molecule has 2 aromatic rings. The number of thiocarbonyl (C=S) groups is 1. The lowest BCUT2D eigenvalue weighted by Crippen LogP contribution is -2.43. The summed E-state index contributed by atoms with van der Waals surface area (Å²) in [5.41, 5.74) is 1.43. The number of benzene rings is 2. The van der Waals surface area contributed by atoms with Crippen molar-refractivity contribution in [2.45, 2.75) is 26.8 Å². The smallest absolute Gasteiger partial charge is 0.307 e. The van der Waals surface area contributed by atoms with Crippen LogP contribution in [-0.4, -0.2) is 54.9 Å². The lowest BCUT2D eigenvalue weighted by molar-refractivity contribution is -0.143. The summed E-state index contributed by atoms with van der Waals surface area (Å²) < 4.78 is 15.9. The van der Waals surface area contributed by atoms with E-state index in [9.17, 15) is 9.59 Å². The van der Waals surface area contributed by atoms with Crippen LogP contribution in [0, 0.1) is 0 Å². The minimum atomic E-state index is -0.348. The molecule has 0 aliphatic carbocycles. The van der Waals surface area contributed by atoms with Gasteiger partial charge in [-0.25, -0.2) is 0 Å². The predicted octanol–water partition coefficient (Wildman–Crippen LogP) is 3.57. The number of esters is 1. The van der Waals surface area contributed by atoms with Crippen LogP contribution in [0.15, 0.2) is 54.6 Å². The van der Waals surface area contributed by atoms with E-state index < -0.39 is 0 Å². The van der Waals surface area contributed by atoms with Gasteiger partial charge in [-0.1, -0.05) is 36.4 Å². The predicted molar refractivity (Wildman–Crippen MR) is 127 cm³/mol. The van der Waals surface area contributed by atoms with Crippen molar-refractivity contribution in [1.29, 1.82) is 0 Å². The number of nitrogens with zero attached hydrogens (tertiary/aromatic N) is 1. The fourth-order valence-corrected chi connectivity index (χ4v) is 3.10. The lowest BCUT2D eigenvalue weighted by Gasteiger charge is -2.25. The second-order valence-corrected chi connectivity index (χ2v) is 7.18. The average Bonchev–Trinajstić information content (AvgIpc) is 2.80. The Labute approximate surface area is 194 Å². The highest BCUT2D eigenvalue weighted by molar-refractivity contribution is 7.80. The van der Waals surface area contributed by atoms with Crippen molar-refractivity contribution in [3.8, 4) is 5.75 Å². The lowest BCUT2D eigenvalue weighted by atomic mass is 10.2. The van der Waals surface area contributed by atoms with Gasteiger partial charge in [0.05, 0.1) is 19.6 Å². The number of nitrogens with one attached hydrogen (secondary N) is 1.